The molecule has 4 heteroatoms. The molecule has 0 radical (unpaired) electrons. The highest BCUT2D eigenvalue weighted by Crippen LogP contribution is 2.24. The van der Waals surface area contributed by atoms with Crippen molar-refractivity contribution in [3.8, 4) is 0 Å². The van der Waals surface area contributed by atoms with Crippen molar-refractivity contribution in [2.24, 2.45) is 0 Å². The molecule has 0 bridgehead atoms. The topological polar surface area (TPSA) is 15.3 Å². The van der Waals surface area contributed by atoms with Crippen molar-refractivity contribution < 1.29 is 4.39 Å². The number of benzene rings is 1. The van der Waals surface area contributed by atoms with E-state index in [1.807, 2.05) is 0 Å². The minimum atomic E-state index is -0.191. The van der Waals surface area contributed by atoms with Crippen molar-refractivity contribution in [3.63, 3.8) is 0 Å². The van der Waals surface area contributed by atoms with Gasteiger partial charge in [0, 0.05) is 42.3 Å². The van der Waals surface area contributed by atoms with Gasteiger partial charge in [-0.25, -0.2) is 4.39 Å². The van der Waals surface area contributed by atoms with Gasteiger partial charge in [0.05, 0.1) is 0 Å². The molecule has 0 amide bonds. The highest BCUT2D eigenvalue weighted by Gasteiger charge is 2.27. The third-order valence-electron chi connectivity index (χ3n) is 4.30. The standard InChI is InChI=1S/C17H26ClFN2/c1-3-6-13-11-21(14(7-4-2)10-20-13)12-15-16(18)8-5-9-17(15)19/h5,8-9,13-14,20H,3-4,6-7,10-12H2,1-2H3. The van der Waals surface area contributed by atoms with Crippen LogP contribution in [0.3, 0.4) is 0 Å². The number of nitrogens with zero attached hydrogens (tertiary/aromatic N) is 1. The van der Waals surface area contributed by atoms with E-state index in [0.717, 1.165) is 25.9 Å². The van der Waals surface area contributed by atoms with Gasteiger partial charge < -0.3 is 5.32 Å². The van der Waals surface area contributed by atoms with E-state index in [1.165, 1.54) is 18.9 Å². The normalized spacial score (nSPS) is 23.4. The molecule has 0 aromatic heterocycles. The van der Waals surface area contributed by atoms with E-state index < -0.39 is 0 Å². The SMILES string of the molecule is CCCC1CN(Cc2c(F)cccc2Cl)C(CCC)CN1. The summed E-state index contributed by atoms with van der Waals surface area (Å²) in [4.78, 5) is 2.41. The minimum Gasteiger partial charge on any atom is -0.311 e. The molecule has 2 rings (SSSR count). The second kappa shape index (κ2) is 8.11. The molecular weight excluding hydrogens is 287 g/mol. The summed E-state index contributed by atoms with van der Waals surface area (Å²) < 4.78 is 14.0. The highest BCUT2D eigenvalue weighted by atomic mass is 35.5. The number of rotatable bonds is 6. The molecule has 1 aromatic carbocycles. The number of halogens is 2. The van der Waals surface area contributed by atoms with Gasteiger partial charge in [-0.3, -0.25) is 4.90 Å². The lowest BCUT2D eigenvalue weighted by atomic mass is 10.0. The van der Waals surface area contributed by atoms with Gasteiger partial charge in [-0.15, -0.1) is 0 Å². The fourth-order valence-corrected chi connectivity index (χ4v) is 3.39. The van der Waals surface area contributed by atoms with Gasteiger partial charge in [0.25, 0.3) is 0 Å². The molecule has 1 aliphatic heterocycles. The monoisotopic (exact) mass is 312 g/mol. The lowest BCUT2D eigenvalue weighted by molar-refractivity contribution is 0.110. The van der Waals surface area contributed by atoms with Gasteiger partial charge in [-0.2, -0.15) is 0 Å². The molecule has 21 heavy (non-hydrogen) atoms. The Balaban J connectivity index is 2.12. The first-order chi connectivity index (χ1) is 10.2. The molecule has 1 heterocycles. The van der Waals surface area contributed by atoms with Gasteiger partial charge >= 0.3 is 0 Å². The Morgan fingerprint density at radius 1 is 1.29 bits per heavy atom. The van der Waals surface area contributed by atoms with Crippen LogP contribution in [0.4, 0.5) is 4.39 Å². The predicted octanol–water partition coefficient (Wildman–Crippen LogP) is 4.22. The van der Waals surface area contributed by atoms with E-state index in [1.54, 1.807) is 12.1 Å². The minimum absolute atomic E-state index is 0.191. The van der Waals surface area contributed by atoms with Gasteiger partial charge in [0.1, 0.15) is 5.82 Å². The second-order valence-electron chi connectivity index (χ2n) is 5.97. The van der Waals surface area contributed by atoms with E-state index in [4.69, 9.17) is 11.6 Å². The van der Waals surface area contributed by atoms with Gasteiger partial charge in [-0.1, -0.05) is 44.4 Å². The van der Waals surface area contributed by atoms with Crippen LogP contribution in [-0.2, 0) is 6.54 Å². The van der Waals surface area contributed by atoms with Crippen LogP contribution in [0.25, 0.3) is 0 Å². The average molecular weight is 313 g/mol. The summed E-state index contributed by atoms with van der Waals surface area (Å²) in [5.74, 6) is -0.191. The Morgan fingerprint density at radius 2 is 2.05 bits per heavy atom. The molecule has 1 fully saturated rings. The molecule has 2 atom stereocenters. The van der Waals surface area contributed by atoms with Crippen LogP contribution < -0.4 is 5.32 Å². The van der Waals surface area contributed by atoms with Crippen LogP contribution >= 0.6 is 11.6 Å². The van der Waals surface area contributed by atoms with E-state index in [9.17, 15) is 4.39 Å². The smallest absolute Gasteiger partial charge is 0.129 e. The first-order valence-corrected chi connectivity index (χ1v) is 8.43. The zero-order chi connectivity index (χ0) is 15.2. The first-order valence-electron chi connectivity index (χ1n) is 8.06. The summed E-state index contributed by atoms with van der Waals surface area (Å²) in [5.41, 5.74) is 0.636. The van der Waals surface area contributed by atoms with Crippen molar-refractivity contribution in [2.45, 2.75) is 58.2 Å². The highest BCUT2D eigenvalue weighted by molar-refractivity contribution is 6.31. The lowest BCUT2D eigenvalue weighted by Gasteiger charge is -2.40. The van der Waals surface area contributed by atoms with Crippen molar-refractivity contribution >= 4 is 11.6 Å². The van der Waals surface area contributed by atoms with E-state index >= 15 is 0 Å². The molecule has 2 unspecified atom stereocenters. The summed E-state index contributed by atoms with van der Waals surface area (Å²) in [5, 5.41) is 4.17. The first kappa shape index (κ1) is 16.7. The summed E-state index contributed by atoms with van der Waals surface area (Å²) in [6, 6.07) is 5.93. The van der Waals surface area contributed by atoms with Gasteiger partial charge in [0.2, 0.25) is 0 Å². The molecule has 118 valence electrons. The molecule has 1 N–H and O–H groups in total. The van der Waals surface area contributed by atoms with Crippen molar-refractivity contribution in [1.82, 2.24) is 10.2 Å². The van der Waals surface area contributed by atoms with E-state index in [2.05, 4.69) is 24.1 Å². The molecule has 0 spiro atoms. The molecule has 1 saturated heterocycles. The molecule has 1 aromatic rings. The third kappa shape index (κ3) is 4.41. The van der Waals surface area contributed by atoms with Gasteiger partial charge in [-0.05, 0) is 25.0 Å². The number of hydrogen-bond acceptors (Lipinski definition) is 2. The molecule has 0 aliphatic carbocycles. The molecule has 0 saturated carbocycles. The zero-order valence-corrected chi connectivity index (χ0v) is 13.8. The number of piperazine rings is 1. The summed E-state index contributed by atoms with van der Waals surface area (Å²) in [7, 11) is 0. The fraction of sp³-hybridized carbons (Fsp3) is 0.647. The molecular formula is C17H26ClFN2. The van der Waals surface area contributed by atoms with Crippen LogP contribution in [0.2, 0.25) is 5.02 Å². The Labute approximate surface area is 132 Å². The van der Waals surface area contributed by atoms with Crippen LogP contribution in [0.1, 0.15) is 45.1 Å². The lowest BCUT2D eigenvalue weighted by Crippen LogP contribution is -2.56. The maximum absolute atomic E-state index is 14.0. The Morgan fingerprint density at radius 3 is 2.71 bits per heavy atom. The van der Waals surface area contributed by atoms with Crippen LogP contribution in [0, 0.1) is 5.82 Å². The molecule has 1 aliphatic rings. The van der Waals surface area contributed by atoms with Crippen LogP contribution in [0.5, 0.6) is 0 Å². The van der Waals surface area contributed by atoms with Crippen molar-refractivity contribution in [1.29, 1.82) is 0 Å². The van der Waals surface area contributed by atoms with E-state index in [0.29, 0.717) is 29.2 Å². The summed E-state index contributed by atoms with van der Waals surface area (Å²) in [6.07, 6.45) is 4.62. The van der Waals surface area contributed by atoms with Gasteiger partial charge in [0.15, 0.2) is 0 Å². The zero-order valence-electron chi connectivity index (χ0n) is 13.0. The third-order valence-corrected chi connectivity index (χ3v) is 4.65. The summed E-state index contributed by atoms with van der Waals surface area (Å²) >= 11 is 6.19. The fourth-order valence-electron chi connectivity index (χ4n) is 3.17. The van der Waals surface area contributed by atoms with Crippen LogP contribution in [0.15, 0.2) is 18.2 Å². The quantitative estimate of drug-likeness (QED) is 0.846. The van der Waals surface area contributed by atoms with Crippen molar-refractivity contribution in [3.05, 3.63) is 34.6 Å². The summed E-state index contributed by atoms with van der Waals surface area (Å²) in [6.45, 7) is 6.98. The number of hydrogen-bond donors (Lipinski definition) is 1. The Hall–Kier alpha value is -0.640. The maximum Gasteiger partial charge on any atom is 0.129 e. The predicted molar refractivity (Wildman–Crippen MR) is 87.2 cm³/mol. The average Bonchev–Trinajstić information content (AvgIpc) is 2.46. The van der Waals surface area contributed by atoms with Crippen LogP contribution in [-0.4, -0.2) is 30.1 Å². The number of nitrogens with one attached hydrogen (secondary N) is 1. The second-order valence-corrected chi connectivity index (χ2v) is 6.37. The van der Waals surface area contributed by atoms with E-state index in [-0.39, 0.29) is 5.82 Å². The maximum atomic E-state index is 14.0. The van der Waals surface area contributed by atoms with Crippen molar-refractivity contribution in [2.75, 3.05) is 13.1 Å². The molecule has 2 nitrogen and oxygen atoms in total. The Bertz CT molecular complexity index is 432. The Kier molecular flexibility index (Phi) is 6.46. The largest absolute Gasteiger partial charge is 0.311 e.